The number of nitrogens with zero attached hydrogens (tertiary/aromatic N) is 4. The van der Waals surface area contributed by atoms with Gasteiger partial charge in [-0.3, -0.25) is 14.6 Å². The summed E-state index contributed by atoms with van der Waals surface area (Å²) in [5.41, 5.74) is 2.17. The number of carbonyl (C=O) groups is 2. The number of pyridine rings is 1. The summed E-state index contributed by atoms with van der Waals surface area (Å²) in [4.78, 5) is 33.2. The Morgan fingerprint density at radius 3 is 2.76 bits per heavy atom. The monoisotopic (exact) mass is 439 g/mol. The Kier molecular flexibility index (Phi) is 6.36. The number of benzene rings is 2. The Bertz CT molecular complexity index is 1230. The van der Waals surface area contributed by atoms with E-state index in [1.165, 1.54) is 4.90 Å². The number of amides is 2. The van der Waals surface area contributed by atoms with E-state index in [9.17, 15) is 14.9 Å². The molecule has 33 heavy (non-hydrogen) atoms. The van der Waals surface area contributed by atoms with E-state index in [1.807, 2.05) is 48.5 Å². The standard InChI is InChI=1S/C26H25N5O2/c1-18(29-21-8-4-3-5-9-21)20-13-22(14-27)31(16-20)25(32)17-30(2)26(33)23-10-6-7-19-11-12-28-15-24(19)23/h3-12,15,20,22,29H,1,13,16-17H2,2H3. The van der Waals surface area contributed by atoms with Gasteiger partial charge in [0.25, 0.3) is 5.91 Å². The summed E-state index contributed by atoms with van der Waals surface area (Å²) in [6.07, 6.45) is 3.84. The molecule has 166 valence electrons. The number of nitrogens with one attached hydrogen (secondary N) is 1. The Morgan fingerprint density at radius 1 is 1.21 bits per heavy atom. The van der Waals surface area contributed by atoms with Gasteiger partial charge in [0.15, 0.2) is 0 Å². The average Bonchev–Trinajstić information content (AvgIpc) is 3.29. The van der Waals surface area contributed by atoms with E-state index in [0.29, 0.717) is 18.5 Å². The van der Waals surface area contributed by atoms with Gasteiger partial charge >= 0.3 is 0 Å². The number of carbonyl (C=O) groups excluding carboxylic acids is 2. The molecule has 0 bridgehead atoms. The fourth-order valence-electron chi connectivity index (χ4n) is 4.17. The summed E-state index contributed by atoms with van der Waals surface area (Å²) < 4.78 is 0. The molecular weight excluding hydrogens is 414 g/mol. The van der Waals surface area contributed by atoms with Gasteiger partial charge in [-0.05, 0) is 36.1 Å². The van der Waals surface area contributed by atoms with E-state index in [-0.39, 0.29) is 24.3 Å². The molecule has 2 amide bonds. The van der Waals surface area contributed by atoms with Crippen LogP contribution in [0.5, 0.6) is 0 Å². The lowest BCUT2D eigenvalue weighted by Crippen LogP contribution is -2.43. The number of anilines is 1. The van der Waals surface area contributed by atoms with Crippen LogP contribution in [0.3, 0.4) is 0 Å². The van der Waals surface area contributed by atoms with Crippen molar-refractivity contribution in [3.63, 3.8) is 0 Å². The molecule has 1 aliphatic heterocycles. The van der Waals surface area contributed by atoms with E-state index in [0.717, 1.165) is 22.2 Å². The molecule has 0 aliphatic carbocycles. The molecule has 1 aliphatic rings. The lowest BCUT2D eigenvalue weighted by Gasteiger charge is -2.24. The molecule has 4 rings (SSSR count). The minimum absolute atomic E-state index is 0.0519. The number of likely N-dealkylation sites (tertiary alicyclic amines) is 1. The van der Waals surface area contributed by atoms with Gasteiger partial charge in [0.1, 0.15) is 6.04 Å². The minimum atomic E-state index is -0.554. The molecule has 2 unspecified atom stereocenters. The van der Waals surface area contributed by atoms with Crippen molar-refractivity contribution in [3.05, 3.63) is 84.8 Å². The number of hydrogen-bond acceptors (Lipinski definition) is 5. The maximum atomic E-state index is 13.1. The van der Waals surface area contributed by atoms with Crippen LogP contribution in [0, 0.1) is 17.2 Å². The first-order valence-corrected chi connectivity index (χ1v) is 10.8. The van der Waals surface area contributed by atoms with Gasteiger partial charge in [0.2, 0.25) is 5.91 Å². The van der Waals surface area contributed by atoms with E-state index in [2.05, 4.69) is 22.9 Å². The smallest absolute Gasteiger partial charge is 0.254 e. The van der Waals surface area contributed by atoms with Crippen LogP contribution in [0.25, 0.3) is 10.8 Å². The number of hydrogen-bond donors (Lipinski definition) is 1. The molecule has 0 radical (unpaired) electrons. The summed E-state index contributed by atoms with van der Waals surface area (Å²) in [6.45, 7) is 4.40. The van der Waals surface area contributed by atoms with E-state index >= 15 is 0 Å². The second-order valence-corrected chi connectivity index (χ2v) is 8.20. The van der Waals surface area contributed by atoms with Crippen molar-refractivity contribution in [2.45, 2.75) is 12.5 Å². The fraction of sp³-hybridized carbons (Fsp3) is 0.231. The summed E-state index contributed by atoms with van der Waals surface area (Å²) >= 11 is 0. The van der Waals surface area contributed by atoms with Crippen molar-refractivity contribution in [2.75, 3.05) is 25.5 Å². The molecule has 1 aromatic heterocycles. The van der Waals surface area contributed by atoms with Crippen LogP contribution < -0.4 is 5.32 Å². The summed E-state index contributed by atoms with van der Waals surface area (Å²) in [5.74, 6) is -0.573. The third-order valence-electron chi connectivity index (χ3n) is 5.98. The molecule has 2 heterocycles. The fourth-order valence-corrected chi connectivity index (χ4v) is 4.17. The predicted molar refractivity (Wildman–Crippen MR) is 127 cm³/mol. The molecular formula is C26H25N5O2. The Hall–Kier alpha value is -4.18. The first kappa shape index (κ1) is 22.0. The van der Waals surface area contributed by atoms with Crippen LogP contribution in [0.1, 0.15) is 16.8 Å². The highest BCUT2D eigenvalue weighted by Gasteiger charge is 2.37. The normalized spacial score (nSPS) is 17.4. The second-order valence-electron chi connectivity index (χ2n) is 8.20. The number of aromatic nitrogens is 1. The molecule has 1 fully saturated rings. The molecule has 2 atom stereocenters. The molecule has 0 saturated carbocycles. The average molecular weight is 440 g/mol. The third-order valence-corrected chi connectivity index (χ3v) is 5.98. The number of fused-ring (bicyclic) bond motifs is 1. The highest BCUT2D eigenvalue weighted by molar-refractivity contribution is 6.07. The van der Waals surface area contributed by atoms with Gasteiger partial charge in [-0.25, -0.2) is 0 Å². The second kappa shape index (κ2) is 9.53. The summed E-state index contributed by atoms with van der Waals surface area (Å²) in [6, 6.07) is 18.6. The van der Waals surface area contributed by atoms with Crippen molar-refractivity contribution in [1.29, 1.82) is 5.26 Å². The zero-order chi connectivity index (χ0) is 23.4. The maximum absolute atomic E-state index is 13.1. The Labute approximate surface area is 192 Å². The quantitative estimate of drug-likeness (QED) is 0.633. The van der Waals surface area contributed by atoms with Gasteiger partial charge in [-0.1, -0.05) is 36.9 Å². The lowest BCUT2D eigenvalue weighted by molar-refractivity contribution is -0.131. The first-order chi connectivity index (χ1) is 16.0. The summed E-state index contributed by atoms with van der Waals surface area (Å²) in [5, 5.41) is 14.6. The van der Waals surface area contributed by atoms with E-state index in [4.69, 9.17) is 0 Å². The maximum Gasteiger partial charge on any atom is 0.254 e. The van der Waals surface area contributed by atoms with Gasteiger partial charge in [-0.15, -0.1) is 0 Å². The van der Waals surface area contributed by atoms with Crippen LogP contribution in [0.2, 0.25) is 0 Å². The van der Waals surface area contributed by atoms with Crippen LogP contribution in [0.15, 0.2) is 79.3 Å². The first-order valence-electron chi connectivity index (χ1n) is 10.8. The van der Waals surface area contributed by atoms with Crippen LogP contribution in [-0.4, -0.2) is 52.8 Å². The van der Waals surface area contributed by atoms with E-state index in [1.54, 1.807) is 30.4 Å². The molecule has 3 aromatic rings. The molecule has 1 saturated heterocycles. The third kappa shape index (κ3) is 4.70. The molecule has 0 spiro atoms. The van der Waals surface area contributed by atoms with E-state index < -0.39 is 6.04 Å². The SMILES string of the molecule is C=C(Nc1ccccc1)C1CC(C#N)N(C(=O)CN(C)C(=O)c2cccc3ccncc23)C1. The number of para-hydroxylation sites is 1. The molecule has 2 aromatic carbocycles. The van der Waals surface area contributed by atoms with Gasteiger partial charge < -0.3 is 15.1 Å². The highest BCUT2D eigenvalue weighted by atomic mass is 16.2. The van der Waals surface area contributed by atoms with Crippen LogP contribution in [0.4, 0.5) is 5.69 Å². The minimum Gasteiger partial charge on any atom is -0.359 e. The predicted octanol–water partition coefficient (Wildman–Crippen LogP) is 3.67. The molecule has 7 heteroatoms. The van der Waals surface area contributed by atoms with Crippen molar-refractivity contribution < 1.29 is 9.59 Å². The van der Waals surface area contributed by atoms with Gasteiger partial charge in [-0.2, -0.15) is 5.26 Å². The topological polar surface area (TPSA) is 89.3 Å². The molecule has 7 nitrogen and oxygen atoms in total. The van der Waals surface area contributed by atoms with Crippen LogP contribution in [-0.2, 0) is 4.79 Å². The van der Waals surface area contributed by atoms with Crippen LogP contribution >= 0.6 is 0 Å². The zero-order valence-corrected chi connectivity index (χ0v) is 18.4. The van der Waals surface area contributed by atoms with Crippen molar-refractivity contribution in [2.24, 2.45) is 5.92 Å². The van der Waals surface area contributed by atoms with Crippen molar-refractivity contribution in [1.82, 2.24) is 14.8 Å². The highest BCUT2D eigenvalue weighted by Crippen LogP contribution is 2.29. The zero-order valence-electron chi connectivity index (χ0n) is 18.4. The number of rotatable bonds is 6. The number of likely N-dealkylation sites (N-methyl/N-ethyl adjacent to an activating group) is 1. The Balaban J connectivity index is 1.43. The van der Waals surface area contributed by atoms with Gasteiger partial charge in [0, 0.05) is 54.2 Å². The summed E-state index contributed by atoms with van der Waals surface area (Å²) in [7, 11) is 1.60. The largest absolute Gasteiger partial charge is 0.359 e. The molecule has 1 N–H and O–H groups in total. The lowest BCUT2D eigenvalue weighted by atomic mass is 10.0. The van der Waals surface area contributed by atoms with Gasteiger partial charge in [0.05, 0.1) is 12.6 Å². The van der Waals surface area contributed by atoms with Crippen molar-refractivity contribution >= 4 is 28.3 Å². The number of nitriles is 1. The van der Waals surface area contributed by atoms with Crippen molar-refractivity contribution in [3.8, 4) is 6.07 Å². The Morgan fingerprint density at radius 2 is 2.00 bits per heavy atom.